The molecule has 0 saturated carbocycles. The maximum absolute atomic E-state index is 10.3. The first-order chi connectivity index (χ1) is 7.13. The van der Waals surface area contributed by atoms with Gasteiger partial charge in [-0.05, 0) is 13.3 Å². The Kier molecular flexibility index (Phi) is 4.71. The molecule has 0 radical (unpaired) electrons. The molecule has 1 aromatic heterocycles. The van der Waals surface area contributed by atoms with Gasteiger partial charge in [-0.3, -0.25) is 4.79 Å². The van der Waals surface area contributed by atoms with Crippen LogP contribution in [0.5, 0.6) is 0 Å². The molecule has 1 unspecified atom stereocenters. The van der Waals surface area contributed by atoms with Crippen LogP contribution in [-0.4, -0.2) is 22.6 Å². The SMILES string of the molecule is CCc1cnc(C(C)NCCC(=O)O)s1. The highest BCUT2D eigenvalue weighted by Gasteiger charge is 2.09. The van der Waals surface area contributed by atoms with Gasteiger partial charge in [-0.15, -0.1) is 11.3 Å². The number of nitrogens with one attached hydrogen (secondary N) is 1. The standard InChI is InChI=1S/C10H16N2O2S/c1-3-8-6-12-10(15-8)7(2)11-5-4-9(13)14/h6-7,11H,3-5H2,1-2H3,(H,13,14). The fourth-order valence-corrected chi connectivity index (χ4v) is 2.05. The van der Waals surface area contributed by atoms with Crippen LogP contribution in [-0.2, 0) is 11.2 Å². The van der Waals surface area contributed by atoms with E-state index in [1.165, 1.54) is 4.88 Å². The van der Waals surface area contributed by atoms with E-state index in [9.17, 15) is 4.79 Å². The van der Waals surface area contributed by atoms with Crippen molar-refractivity contribution in [3.05, 3.63) is 16.1 Å². The molecule has 84 valence electrons. The topological polar surface area (TPSA) is 62.2 Å². The summed E-state index contributed by atoms with van der Waals surface area (Å²) in [4.78, 5) is 15.9. The Labute approximate surface area is 93.4 Å². The van der Waals surface area contributed by atoms with Crippen molar-refractivity contribution in [1.82, 2.24) is 10.3 Å². The minimum absolute atomic E-state index is 0.134. The summed E-state index contributed by atoms with van der Waals surface area (Å²) in [6.45, 7) is 4.58. The van der Waals surface area contributed by atoms with E-state index in [1.54, 1.807) is 11.3 Å². The van der Waals surface area contributed by atoms with E-state index in [1.807, 2.05) is 13.1 Å². The van der Waals surface area contributed by atoms with Crippen molar-refractivity contribution in [3.63, 3.8) is 0 Å². The lowest BCUT2D eigenvalue weighted by Crippen LogP contribution is -2.21. The molecule has 0 aliphatic heterocycles. The van der Waals surface area contributed by atoms with E-state index >= 15 is 0 Å². The van der Waals surface area contributed by atoms with E-state index in [0.29, 0.717) is 6.54 Å². The average Bonchev–Trinajstić information content (AvgIpc) is 2.65. The normalized spacial score (nSPS) is 12.7. The number of aryl methyl sites for hydroxylation is 1. The third kappa shape index (κ3) is 3.97. The second-order valence-electron chi connectivity index (χ2n) is 3.34. The monoisotopic (exact) mass is 228 g/mol. The van der Waals surface area contributed by atoms with Crippen LogP contribution in [0.4, 0.5) is 0 Å². The van der Waals surface area contributed by atoms with E-state index in [-0.39, 0.29) is 12.5 Å². The lowest BCUT2D eigenvalue weighted by molar-refractivity contribution is -0.136. The van der Waals surface area contributed by atoms with Crippen molar-refractivity contribution >= 4 is 17.3 Å². The lowest BCUT2D eigenvalue weighted by atomic mass is 10.3. The molecule has 1 aromatic rings. The highest BCUT2D eigenvalue weighted by Crippen LogP contribution is 2.19. The number of carboxylic acids is 1. The summed E-state index contributed by atoms with van der Waals surface area (Å²) in [7, 11) is 0. The van der Waals surface area contributed by atoms with Gasteiger partial charge >= 0.3 is 5.97 Å². The Balaban J connectivity index is 2.39. The summed E-state index contributed by atoms with van der Waals surface area (Å²) in [6.07, 6.45) is 3.03. The van der Waals surface area contributed by atoms with Gasteiger partial charge in [-0.1, -0.05) is 6.92 Å². The molecule has 0 aromatic carbocycles. The van der Waals surface area contributed by atoms with Gasteiger partial charge in [0.15, 0.2) is 0 Å². The molecular weight excluding hydrogens is 212 g/mol. The van der Waals surface area contributed by atoms with Gasteiger partial charge in [0.25, 0.3) is 0 Å². The van der Waals surface area contributed by atoms with Crippen LogP contribution in [0.15, 0.2) is 6.20 Å². The molecule has 0 saturated heterocycles. The minimum atomic E-state index is -0.775. The average molecular weight is 228 g/mol. The van der Waals surface area contributed by atoms with Gasteiger partial charge < -0.3 is 10.4 Å². The van der Waals surface area contributed by atoms with Crippen molar-refractivity contribution in [2.24, 2.45) is 0 Å². The maximum Gasteiger partial charge on any atom is 0.304 e. The molecule has 2 N–H and O–H groups in total. The molecule has 1 atom stereocenters. The second-order valence-corrected chi connectivity index (χ2v) is 4.48. The molecule has 0 aliphatic carbocycles. The van der Waals surface area contributed by atoms with Gasteiger partial charge in [0, 0.05) is 17.6 Å². The summed E-state index contributed by atoms with van der Waals surface area (Å²) < 4.78 is 0. The Morgan fingerprint density at radius 3 is 3.00 bits per heavy atom. The van der Waals surface area contributed by atoms with Crippen LogP contribution in [0.25, 0.3) is 0 Å². The first kappa shape index (κ1) is 12.1. The Morgan fingerprint density at radius 1 is 1.73 bits per heavy atom. The first-order valence-corrected chi connectivity index (χ1v) is 5.85. The zero-order chi connectivity index (χ0) is 11.3. The zero-order valence-corrected chi connectivity index (χ0v) is 9.80. The molecule has 0 aliphatic rings. The number of carbonyl (C=O) groups is 1. The maximum atomic E-state index is 10.3. The smallest absolute Gasteiger partial charge is 0.304 e. The number of carboxylic acid groups (broad SMARTS) is 1. The minimum Gasteiger partial charge on any atom is -0.481 e. The van der Waals surface area contributed by atoms with Crippen LogP contribution >= 0.6 is 11.3 Å². The molecule has 4 nitrogen and oxygen atoms in total. The number of aliphatic carboxylic acids is 1. The number of aromatic nitrogens is 1. The first-order valence-electron chi connectivity index (χ1n) is 5.03. The molecule has 0 fully saturated rings. The lowest BCUT2D eigenvalue weighted by Gasteiger charge is -2.09. The van der Waals surface area contributed by atoms with Crippen molar-refractivity contribution in [1.29, 1.82) is 0 Å². The van der Waals surface area contributed by atoms with E-state index < -0.39 is 5.97 Å². The van der Waals surface area contributed by atoms with Crippen molar-refractivity contribution < 1.29 is 9.90 Å². The number of hydrogen-bond donors (Lipinski definition) is 2. The Morgan fingerprint density at radius 2 is 2.47 bits per heavy atom. The van der Waals surface area contributed by atoms with Crippen LogP contribution < -0.4 is 5.32 Å². The molecule has 0 spiro atoms. The quantitative estimate of drug-likeness (QED) is 0.779. The van der Waals surface area contributed by atoms with Crippen LogP contribution in [0, 0.1) is 0 Å². The van der Waals surface area contributed by atoms with Gasteiger partial charge in [0.05, 0.1) is 12.5 Å². The number of rotatable bonds is 6. The zero-order valence-electron chi connectivity index (χ0n) is 8.99. The largest absolute Gasteiger partial charge is 0.481 e. The predicted molar refractivity (Wildman–Crippen MR) is 60.2 cm³/mol. The van der Waals surface area contributed by atoms with Gasteiger partial charge in [0.1, 0.15) is 5.01 Å². The third-order valence-corrected chi connectivity index (χ3v) is 3.40. The van der Waals surface area contributed by atoms with Gasteiger partial charge in [-0.25, -0.2) is 4.98 Å². The molecule has 0 bridgehead atoms. The molecule has 5 heteroatoms. The van der Waals surface area contributed by atoms with Crippen molar-refractivity contribution in [3.8, 4) is 0 Å². The highest BCUT2D eigenvalue weighted by atomic mass is 32.1. The van der Waals surface area contributed by atoms with Crippen molar-refractivity contribution in [2.45, 2.75) is 32.7 Å². The summed E-state index contributed by atoms with van der Waals surface area (Å²) >= 11 is 1.68. The Hall–Kier alpha value is -0.940. The van der Waals surface area contributed by atoms with Gasteiger partial charge in [0.2, 0.25) is 0 Å². The number of hydrogen-bond acceptors (Lipinski definition) is 4. The second kappa shape index (κ2) is 5.82. The van der Waals surface area contributed by atoms with E-state index in [4.69, 9.17) is 5.11 Å². The van der Waals surface area contributed by atoms with E-state index in [0.717, 1.165) is 11.4 Å². The molecule has 15 heavy (non-hydrogen) atoms. The number of thiazole rings is 1. The van der Waals surface area contributed by atoms with E-state index in [2.05, 4.69) is 17.2 Å². The third-order valence-electron chi connectivity index (χ3n) is 2.08. The molecular formula is C10H16N2O2S. The Bertz CT molecular complexity index is 325. The summed E-state index contributed by atoms with van der Waals surface area (Å²) in [5.74, 6) is -0.775. The van der Waals surface area contributed by atoms with Crippen LogP contribution in [0.2, 0.25) is 0 Å². The fraction of sp³-hybridized carbons (Fsp3) is 0.600. The van der Waals surface area contributed by atoms with Crippen molar-refractivity contribution in [2.75, 3.05) is 6.54 Å². The highest BCUT2D eigenvalue weighted by molar-refractivity contribution is 7.11. The van der Waals surface area contributed by atoms with Crippen LogP contribution in [0.3, 0.4) is 0 Å². The van der Waals surface area contributed by atoms with Gasteiger partial charge in [-0.2, -0.15) is 0 Å². The fourth-order valence-electron chi connectivity index (χ4n) is 1.17. The van der Waals surface area contributed by atoms with Crippen LogP contribution in [0.1, 0.15) is 36.2 Å². The number of nitrogens with zero attached hydrogens (tertiary/aromatic N) is 1. The predicted octanol–water partition coefficient (Wildman–Crippen LogP) is 1.83. The summed E-state index contributed by atoms with van der Waals surface area (Å²) in [6, 6.07) is 0.134. The molecule has 1 rings (SSSR count). The molecule has 0 amide bonds. The molecule has 1 heterocycles. The summed E-state index contributed by atoms with van der Waals surface area (Å²) in [5, 5.41) is 12.6. The summed E-state index contributed by atoms with van der Waals surface area (Å²) in [5.41, 5.74) is 0.